The maximum atomic E-state index is 12.2. The van der Waals surface area contributed by atoms with Crippen LogP contribution in [0.2, 0.25) is 0 Å². The van der Waals surface area contributed by atoms with Crippen LogP contribution in [0.25, 0.3) is 6.08 Å². The molecule has 1 aromatic rings. The van der Waals surface area contributed by atoms with Gasteiger partial charge in [0.2, 0.25) is 5.91 Å². The number of hydrogen-bond acceptors (Lipinski definition) is 3. The number of nitrogens with zero attached hydrogens (tertiary/aromatic N) is 1. The fourth-order valence-corrected chi connectivity index (χ4v) is 2.52. The summed E-state index contributed by atoms with van der Waals surface area (Å²) in [6.07, 6.45) is 4.31. The molecule has 1 fully saturated rings. The molecule has 0 radical (unpaired) electrons. The van der Waals surface area contributed by atoms with Crippen LogP contribution in [-0.2, 0) is 9.59 Å². The predicted molar refractivity (Wildman–Crippen MR) is 83.6 cm³/mol. The van der Waals surface area contributed by atoms with Crippen molar-refractivity contribution in [1.82, 2.24) is 4.90 Å². The van der Waals surface area contributed by atoms with E-state index in [0.29, 0.717) is 32.5 Å². The first kappa shape index (κ1) is 16.1. The fourth-order valence-electron chi connectivity index (χ4n) is 2.52. The SMILES string of the molecule is CCOc1ccccc1/C=C/C(=O)N1CCC(C(=O)O)CC1. The molecule has 1 aliphatic heterocycles. The molecule has 0 saturated carbocycles. The number of rotatable bonds is 5. The molecule has 2 rings (SSSR count). The summed E-state index contributed by atoms with van der Waals surface area (Å²) in [5, 5.41) is 8.96. The molecule has 0 atom stereocenters. The fraction of sp³-hybridized carbons (Fsp3) is 0.412. The quantitative estimate of drug-likeness (QED) is 0.848. The third kappa shape index (κ3) is 4.10. The van der Waals surface area contributed by atoms with E-state index in [1.54, 1.807) is 11.0 Å². The van der Waals surface area contributed by atoms with Gasteiger partial charge in [-0.2, -0.15) is 0 Å². The summed E-state index contributed by atoms with van der Waals surface area (Å²) in [5.74, 6) is -0.436. The van der Waals surface area contributed by atoms with E-state index in [2.05, 4.69) is 0 Å². The monoisotopic (exact) mass is 303 g/mol. The third-order valence-electron chi connectivity index (χ3n) is 3.78. The summed E-state index contributed by atoms with van der Waals surface area (Å²) in [6.45, 7) is 3.47. The highest BCUT2D eigenvalue weighted by Gasteiger charge is 2.25. The molecule has 1 aliphatic rings. The Kier molecular flexibility index (Phi) is 5.58. The first-order valence-corrected chi connectivity index (χ1v) is 7.53. The Labute approximate surface area is 130 Å². The van der Waals surface area contributed by atoms with Crippen molar-refractivity contribution in [3.63, 3.8) is 0 Å². The average molecular weight is 303 g/mol. The molecule has 0 bridgehead atoms. The Morgan fingerprint density at radius 2 is 2.00 bits per heavy atom. The topological polar surface area (TPSA) is 66.8 Å². The van der Waals surface area contributed by atoms with Crippen LogP contribution in [0.3, 0.4) is 0 Å². The number of carboxylic acids is 1. The molecule has 5 nitrogen and oxygen atoms in total. The number of aliphatic carboxylic acids is 1. The Morgan fingerprint density at radius 1 is 1.32 bits per heavy atom. The van der Waals surface area contributed by atoms with E-state index < -0.39 is 5.97 Å². The second kappa shape index (κ2) is 7.64. The Bertz CT molecular complexity index is 560. The molecule has 1 aromatic carbocycles. The standard InChI is InChI=1S/C17H21NO4/c1-2-22-15-6-4-3-5-13(15)7-8-16(19)18-11-9-14(10-12-18)17(20)21/h3-8,14H,2,9-12H2,1H3,(H,20,21)/b8-7+. The minimum Gasteiger partial charge on any atom is -0.493 e. The van der Waals surface area contributed by atoms with Crippen LogP contribution < -0.4 is 4.74 Å². The van der Waals surface area contributed by atoms with Crippen molar-refractivity contribution >= 4 is 18.0 Å². The van der Waals surface area contributed by atoms with Gasteiger partial charge in [0.1, 0.15) is 5.75 Å². The van der Waals surface area contributed by atoms with E-state index in [-0.39, 0.29) is 11.8 Å². The number of likely N-dealkylation sites (tertiary alicyclic amines) is 1. The van der Waals surface area contributed by atoms with Crippen LogP contribution in [0.15, 0.2) is 30.3 Å². The molecule has 5 heteroatoms. The van der Waals surface area contributed by atoms with E-state index in [1.165, 1.54) is 6.08 Å². The second-order valence-electron chi connectivity index (χ2n) is 5.24. The van der Waals surface area contributed by atoms with Crippen molar-refractivity contribution in [3.05, 3.63) is 35.9 Å². The lowest BCUT2D eigenvalue weighted by atomic mass is 9.97. The zero-order valence-electron chi connectivity index (χ0n) is 12.7. The van der Waals surface area contributed by atoms with Gasteiger partial charge in [0.25, 0.3) is 0 Å². The lowest BCUT2D eigenvalue weighted by Crippen LogP contribution is -2.39. The number of benzene rings is 1. The number of carbonyl (C=O) groups excluding carboxylic acids is 1. The number of carbonyl (C=O) groups is 2. The smallest absolute Gasteiger partial charge is 0.306 e. The molecular formula is C17H21NO4. The van der Waals surface area contributed by atoms with Crippen molar-refractivity contribution in [3.8, 4) is 5.75 Å². The number of piperidine rings is 1. The first-order chi connectivity index (χ1) is 10.6. The molecule has 1 amide bonds. The minimum absolute atomic E-state index is 0.0878. The Balaban J connectivity index is 1.96. The van der Waals surface area contributed by atoms with Crippen molar-refractivity contribution in [2.24, 2.45) is 5.92 Å². The van der Waals surface area contributed by atoms with Crippen molar-refractivity contribution in [2.45, 2.75) is 19.8 Å². The predicted octanol–water partition coefficient (Wildman–Crippen LogP) is 2.42. The number of carboxylic acid groups (broad SMARTS) is 1. The molecule has 0 unspecified atom stereocenters. The molecule has 1 heterocycles. The number of para-hydroxylation sites is 1. The zero-order chi connectivity index (χ0) is 15.9. The molecule has 0 spiro atoms. The highest BCUT2D eigenvalue weighted by atomic mass is 16.5. The molecule has 118 valence electrons. The summed E-state index contributed by atoms with van der Waals surface area (Å²) >= 11 is 0. The maximum absolute atomic E-state index is 12.2. The molecule has 1 N–H and O–H groups in total. The van der Waals surface area contributed by atoms with Gasteiger partial charge in [-0.3, -0.25) is 9.59 Å². The Hall–Kier alpha value is -2.30. The highest BCUT2D eigenvalue weighted by Crippen LogP contribution is 2.21. The number of ether oxygens (including phenoxy) is 1. The summed E-state index contributed by atoms with van der Waals surface area (Å²) in [5.41, 5.74) is 0.859. The van der Waals surface area contributed by atoms with E-state index in [1.807, 2.05) is 31.2 Å². The van der Waals surface area contributed by atoms with Crippen LogP contribution in [0.4, 0.5) is 0 Å². The lowest BCUT2D eigenvalue weighted by Gasteiger charge is -2.29. The van der Waals surface area contributed by atoms with Gasteiger partial charge in [-0.25, -0.2) is 0 Å². The van der Waals surface area contributed by atoms with Crippen LogP contribution in [0.1, 0.15) is 25.3 Å². The van der Waals surface area contributed by atoms with Gasteiger partial charge in [-0.1, -0.05) is 18.2 Å². The normalized spacial score (nSPS) is 16.0. The van der Waals surface area contributed by atoms with E-state index >= 15 is 0 Å². The summed E-state index contributed by atoms with van der Waals surface area (Å²) in [6, 6.07) is 7.54. The minimum atomic E-state index is -0.770. The van der Waals surface area contributed by atoms with Gasteiger partial charge in [0.05, 0.1) is 12.5 Å². The van der Waals surface area contributed by atoms with Crippen LogP contribution in [0.5, 0.6) is 5.75 Å². The van der Waals surface area contributed by atoms with Crippen LogP contribution >= 0.6 is 0 Å². The number of hydrogen-bond donors (Lipinski definition) is 1. The average Bonchev–Trinajstić information content (AvgIpc) is 2.54. The third-order valence-corrected chi connectivity index (χ3v) is 3.78. The number of amides is 1. The Morgan fingerprint density at radius 3 is 2.64 bits per heavy atom. The zero-order valence-corrected chi connectivity index (χ0v) is 12.7. The molecular weight excluding hydrogens is 282 g/mol. The largest absolute Gasteiger partial charge is 0.493 e. The van der Waals surface area contributed by atoms with Crippen LogP contribution in [-0.4, -0.2) is 41.6 Å². The summed E-state index contributed by atoms with van der Waals surface area (Å²) < 4.78 is 5.51. The van der Waals surface area contributed by atoms with Crippen molar-refractivity contribution < 1.29 is 19.4 Å². The van der Waals surface area contributed by atoms with E-state index in [4.69, 9.17) is 9.84 Å². The van der Waals surface area contributed by atoms with Crippen molar-refractivity contribution in [2.75, 3.05) is 19.7 Å². The van der Waals surface area contributed by atoms with Gasteiger partial charge in [-0.05, 0) is 31.9 Å². The van der Waals surface area contributed by atoms with Gasteiger partial charge < -0.3 is 14.7 Å². The molecule has 1 saturated heterocycles. The lowest BCUT2D eigenvalue weighted by molar-refractivity contribution is -0.144. The van der Waals surface area contributed by atoms with Crippen molar-refractivity contribution in [1.29, 1.82) is 0 Å². The molecule has 0 aliphatic carbocycles. The second-order valence-corrected chi connectivity index (χ2v) is 5.24. The maximum Gasteiger partial charge on any atom is 0.306 e. The molecule has 0 aromatic heterocycles. The van der Waals surface area contributed by atoms with Crippen LogP contribution in [0, 0.1) is 5.92 Å². The first-order valence-electron chi connectivity index (χ1n) is 7.53. The van der Waals surface area contributed by atoms with E-state index in [9.17, 15) is 9.59 Å². The van der Waals surface area contributed by atoms with E-state index in [0.717, 1.165) is 11.3 Å². The molecule has 22 heavy (non-hydrogen) atoms. The summed E-state index contributed by atoms with van der Waals surface area (Å²) in [7, 11) is 0. The van der Waals surface area contributed by atoms with Gasteiger partial charge in [-0.15, -0.1) is 0 Å². The highest BCUT2D eigenvalue weighted by molar-refractivity contribution is 5.92. The summed E-state index contributed by atoms with van der Waals surface area (Å²) in [4.78, 5) is 24.8. The van der Waals surface area contributed by atoms with Gasteiger partial charge in [0, 0.05) is 24.7 Å². The van der Waals surface area contributed by atoms with Gasteiger partial charge in [0.15, 0.2) is 0 Å². The van der Waals surface area contributed by atoms with Gasteiger partial charge >= 0.3 is 5.97 Å².